The maximum absolute atomic E-state index is 12.0. The highest BCUT2D eigenvalue weighted by atomic mass is 16.6. The van der Waals surface area contributed by atoms with E-state index in [1.54, 1.807) is 25.1 Å². The van der Waals surface area contributed by atoms with Crippen LogP contribution in [0.2, 0.25) is 0 Å². The molecule has 3 rings (SSSR count). The van der Waals surface area contributed by atoms with E-state index in [0.29, 0.717) is 17.9 Å². The summed E-state index contributed by atoms with van der Waals surface area (Å²) in [7, 11) is 1.53. The highest BCUT2D eigenvalue weighted by Gasteiger charge is 2.17. The van der Waals surface area contributed by atoms with Gasteiger partial charge in [-0.05, 0) is 30.2 Å². The van der Waals surface area contributed by atoms with Crippen molar-refractivity contribution < 1.29 is 23.4 Å². The predicted molar refractivity (Wildman–Crippen MR) is 101 cm³/mol. The van der Waals surface area contributed by atoms with Crippen LogP contribution >= 0.6 is 0 Å². The molecule has 0 aliphatic heterocycles. The van der Waals surface area contributed by atoms with Crippen molar-refractivity contribution in [2.24, 2.45) is 0 Å². The molecule has 0 N–H and O–H groups in total. The van der Waals surface area contributed by atoms with Crippen LogP contribution in [-0.2, 0) is 14.3 Å². The number of fused-ring (bicyclic) bond motifs is 1. The van der Waals surface area contributed by atoms with Crippen LogP contribution in [0, 0.1) is 0 Å². The number of hydrogen-bond donors (Lipinski definition) is 0. The molecular formula is C21H20O6. The van der Waals surface area contributed by atoms with Crippen LogP contribution in [0.15, 0.2) is 63.8 Å². The lowest BCUT2D eigenvalue weighted by molar-refractivity contribution is -0.152. The minimum Gasteiger partial charge on any atom is -0.479 e. The van der Waals surface area contributed by atoms with Crippen molar-refractivity contribution in [3.63, 3.8) is 0 Å². The fourth-order valence-electron chi connectivity index (χ4n) is 2.67. The van der Waals surface area contributed by atoms with Crippen LogP contribution in [0.5, 0.6) is 5.75 Å². The van der Waals surface area contributed by atoms with Gasteiger partial charge in [0.15, 0.2) is 6.10 Å². The van der Waals surface area contributed by atoms with Gasteiger partial charge in [-0.15, -0.1) is 0 Å². The fourth-order valence-corrected chi connectivity index (χ4v) is 2.67. The molecule has 3 aromatic rings. The molecule has 0 unspecified atom stereocenters. The molecule has 0 aliphatic carbocycles. The van der Waals surface area contributed by atoms with Crippen LogP contribution in [0.25, 0.3) is 22.1 Å². The second kappa shape index (κ2) is 8.51. The summed E-state index contributed by atoms with van der Waals surface area (Å²) in [5.41, 5.74) is 1.63. The van der Waals surface area contributed by atoms with E-state index in [4.69, 9.17) is 18.6 Å². The van der Waals surface area contributed by atoms with Crippen LogP contribution in [0.3, 0.4) is 0 Å². The Hall–Kier alpha value is -3.12. The summed E-state index contributed by atoms with van der Waals surface area (Å²) >= 11 is 0. The lowest BCUT2D eigenvalue weighted by Crippen LogP contribution is -2.27. The number of carbonyl (C=O) groups is 1. The molecule has 0 fully saturated rings. The van der Waals surface area contributed by atoms with Gasteiger partial charge in [-0.25, -0.2) is 9.59 Å². The molecule has 6 nitrogen and oxygen atoms in total. The van der Waals surface area contributed by atoms with Gasteiger partial charge in [0.05, 0.1) is 6.61 Å². The van der Waals surface area contributed by atoms with Crippen molar-refractivity contribution in [3.8, 4) is 16.9 Å². The van der Waals surface area contributed by atoms with Gasteiger partial charge in [-0.1, -0.05) is 30.3 Å². The van der Waals surface area contributed by atoms with E-state index in [0.717, 1.165) is 16.5 Å². The molecular weight excluding hydrogens is 348 g/mol. The molecule has 1 heterocycles. The zero-order chi connectivity index (χ0) is 19.2. The number of esters is 1. The van der Waals surface area contributed by atoms with Crippen molar-refractivity contribution in [2.45, 2.75) is 13.0 Å². The van der Waals surface area contributed by atoms with Crippen molar-refractivity contribution in [1.29, 1.82) is 0 Å². The highest BCUT2D eigenvalue weighted by Crippen LogP contribution is 2.29. The minimum atomic E-state index is -0.802. The summed E-state index contributed by atoms with van der Waals surface area (Å²) in [6, 6.07) is 16.2. The predicted octanol–water partition coefficient (Wildman–Crippen LogP) is 3.42. The molecule has 0 amide bonds. The maximum atomic E-state index is 12.0. The van der Waals surface area contributed by atoms with Gasteiger partial charge in [0, 0.05) is 24.6 Å². The zero-order valence-electron chi connectivity index (χ0n) is 15.1. The average molecular weight is 368 g/mol. The topological polar surface area (TPSA) is 75.0 Å². The SMILES string of the molecule is COCCOC(=O)[C@@H](C)Oc1ccc2c(-c3ccccc3)cc(=O)oc2c1. The van der Waals surface area contributed by atoms with Gasteiger partial charge in [0.2, 0.25) is 0 Å². The Balaban J connectivity index is 1.86. The van der Waals surface area contributed by atoms with Crippen LogP contribution < -0.4 is 10.4 Å². The van der Waals surface area contributed by atoms with Crippen molar-refractivity contribution in [3.05, 3.63) is 65.0 Å². The summed E-state index contributed by atoms with van der Waals surface area (Å²) in [6.07, 6.45) is -0.802. The van der Waals surface area contributed by atoms with Crippen molar-refractivity contribution in [2.75, 3.05) is 20.3 Å². The van der Waals surface area contributed by atoms with E-state index in [1.165, 1.54) is 13.2 Å². The summed E-state index contributed by atoms with van der Waals surface area (Å²) in [5.74, 6) is -0.0845. The van der Waals surface area contributed by atoms with Crippen LogP contribution in [0.1, 0.15) is 6.92 Å². The largest absolute Gasteiger partial charge is 0.479 e. The smallest absolute Gasteiger partial charge is 0.347 e. The Kier molecular flexibility index (Phi) is 5.88. The lowest BCUT2D eigenvalue weighted by atomic mass is 10.0. The molecule has 6 heteroatoms. The first kappa shape index (κ1) is 18.7. The van der Waals surface area contributed by atoms with E-state index in [-0.39, 0.29) is 6.61 Å². The number of ether oxygens (including phenoxy) is 3. The third kappa shape index (κ3) is 4.54. The van der Waals surface area contributed by atoms with E-state index in [1.807, 2.05) is 30.3 Å². The standard InChI is InChI=1S/C21H20O6/c1-14(21(23)25-11-10-24-2)26-16-8-9-17-18(15-6-4-3-5-7-15)13-20(22)27-19(17)12-16/h3-9,12-14H,10-11H2,1-2H3/t14-/m1/s1. The van der Waals surface area contributed by atoms with Gasteiger partial charge in [0.25, 0.3) is 0 Å². The molecule has 2 aromatic carbocycles. The van der Waals surface area contributed by atoms with Gasteiger partial charge in [-0.3, -0.25) is 0 Å². The lowest BCUT2D eigenvalue weighted by Gasteiger charge is -2.14. The number of methoxy groups -OCH3 is 1. The van der Waals surface area contributed by atoms with Gasteiger partial charge in [-0.2, -0.15) is 0 Å². The van der Waals surface area contributed by atoms with E-state index >= 15 is 0 Å². The van der Waals surface area contributed by atoms with Crippen molar-refractivity contribution in [1.82, 2.24) is 0 Å². The average Bonchev–Trinajstić information content (AvgIpc) is 2.67. The van der Waals surface area contributed by atoms with E-state index < -0.39 is 17.7 Å². The third-order valence-corrected chi connectivity index (χ3v) is 3.98. The zero-order valence-corrected chi connectivity index (χ0v) is 15.1. The number of rotatable bonds is 7. The Morgan fingerprint density at radius 2 is 1.85 bits per heavy atom. The summed E-state index contributed by atoms with van der Waals surface area (Å²) < 4.78 is 20.8. The maximum Gasteiger partial charge on any atom is 0.347 e. The molecule has 0 spiro atoms. The molecule has 0 aliphatic rings. The number of benzene rings is 2. The quantitative estimate of drug-likeness (QED) is 0.361. The Labute approximate surface area is 156 Å². The molecule has 1 aromatic heterocycles. The summed E-state index contributed by atoms with van der Waals surface area (Å²) in [6.45, 7) is 2.08. The van der Waals surface area contributed by atoms with Gasteiger partial charge < -0.3 is 18.6 Å². The minimum absolute atomic E-state index is 0.163. The Bertz CT molecular complexity index is 977. The summed E-state index contributed by atoms with van der Waals surface area (Å²) in [4.78, 5) is 23.9. The molecule has 0 saturated carbocycles. The Morgan fingerprint density at radius 1 is 1.07 bits per heavy atom. The second-order valence-electron chi connectivity index (χ2n) is 5.92. The first-order valence-corrected chi connectivity index (χ1v) is 8.54. The normalized spacial score (nSPS) is 11.9. The highest BCUT2D eigenvalue weighted by molar-refractivity contribution is 5.93. The number of hydrogen-bond acceptors (Lipinski definition) is 6. The molecule has 27 heavy (non-hydrogen) atoms. The van der Waals surface area contributed by atoms with Crippen LogP contribution in [0.4, 0.5) is 0 Å². The molecule has 0 bridgehead atoms. The molecule has 0 radical (unpaired) electrons. The van der Waals surface area contributed by atoms with Crippen molar-refractivity contribution >= 4 is 16.9 Å². The molecule has 140 valence electrons. The fraction of sp³-hybridized carbons (Fsp3) is 0.238. The molecule has 1 atom stereocenters. The number of carbonyl (C=O) groups excluding carboxylic acids is 1. The van der Waals surface area contributed by atoms with Gasteiger partial charge >= 0.3 is 11.6 Å². The first-order chi connectivity index (χ1) is 13.1. The van der Waals surface area contributed by atoms with Crippen LogP contribution in [-0.4, -0.2) is 32.4 Å². The van der Waals surface area contributed by atoms with E-state index in [2.05, 4.69) is 0 Å². The molecule has 0 saturated heterocycles. The monoisotopic (exact) mass is 368 g/mol. The Morgan fingerprint density at radius 3 is 2.59 bits per heavy atom. The summed E-state index contributed by atoms with van der Waals surface area (Å²) in [5, 5.41) is 0.781. The van der Waals surface area contributed by atoms with Gasteiger partial charge in [0.1, 0.15) is 17.9 Å². The van der Waals surface area contributed by atoms with E-state index in [9.17, 15) is 9.59 Å². The first-order valence-electron chi connectivity index (χ1n) is 8.54. The third-order valence-electron chi connectivity index (χ3n) is 3.98. The second-order valence-corrected chi connectivity index (χ2v) is 5.92.